The van der Waals surface area contributed by atoms with Gasteiger partial charge in [-0.3, -0.25) is 5.10 Å². The lowest BCUT2D eigenvalue weighted by Crippen LogP contribution is -2.43. The van der Waals surface area contributed by atoms with E-state index < -0.39 is 10.0 Å². The summed E-state index contributed by atoms with van der Waals surface area (Å²) >= 11 is 0. The molecule has 1 aliphatic rings. The second kappa shape index (κ2) is 6.21. The molecule has 1 aromatic rings. The second-order valence-electron chi connectivity index (χ2n) is 5.03. The fourth-order valence-electron chi connectivity index (χ4n) is 2.47. The van der Waals surface area contributed by atoms with E-state index in [2.05, 4.69) is 15.5 Å². The molecule has 2 rings (SSSR count). The number of aromatic nitrogens is 2. The van der Waals surface area contributed by atoms with Gasteiger partial charge in [0.2, 0.25) is 0 Å². The van der Waals surface area contributed by atoms with E-state index in [4.69, 9.17) is 4.74 Å². The molecule has 0 saturated carbocycles. The Labute approximate surface area is 119 Å². The lowest BCUT2D eigenvalue weighted by Gasteiger charge is -2.30. The first-order valence-corrected chi connectivity index (χ1v) is 8.16. The Morgan fingerprint density at radius 2 is 2.30 bits per heavy atom. The third-order valence-electron chi connectivity index (χ3n) is 3.65. The maximum atomic E-state index is 12.7. The zero-order valence-electron chi connectivity index (χ0n) is 12.1. The van der Waals surface area contributed by atoms with Crippen LogP contribution in [-0.2, 0) is 21.3 Å². The molecule has 1 unspecified atom stereocenters. The number of nitrogens with zero attached hydrogens (tertiary/aromatic N) is 2. The number of methoxy groups -OCH3 is 1. The number of hydrogen-bond donors (Lipinski definition) is 2. The number of H-pyrrole nitrogens is 1. The lowest BCUT2D eigenvalue weighted by molar-refractivity contribution is 0.0571. The third kappa shape index (κ3) is 2.88. The molecule has 1 fully saturated rings. The van der Waals surface area contributed by atoms with E-state index in [1.807, 2.05) is 6.92 Å². The maximum Gasteiger partial charge on any atom is 0.262 e. The van der Waals surface area contributed by atoms with Crippen molar-refractivity contribution >= 4 is 10.0 Å². The molecule has 7 nitrogen and oxygen atoms in total. The summed E-state index contributed by atoms with van der Waals surface area (Å²) in [5, 5.41) is 9.87. The van der Waals surface area contributed by atoms with Gasteiger partial charge in [0.15, 0.2) is 5.03 Å². The molecular formula is C12H22N4O3S. The highest BCUT2D eigenvalue weighted by molar-refractivity contribution is 7.89. The third-order valence-corrected chi connectivity index (χ3v) is 5.49. The van der Waals surface area contributed by atoms with Crippen molar-refractivity contribution in [3.05, 3.63) is 11.3 Å². The van der Waals surface area contributed by atoms with Crippen molar-refractivity contribution in [2.24, 2.45) is 0 Å². The van der Waals surface area contributed by atoms with E-state index in [0.717, 1.165) is 18.5 Å². The van der Waals surface area contributed by atoms with Gasteiger partial charge in [-0.2, -0.15) is 9.40 Å². The molecular weight excluding hydrogens is 280 g/mol. The molecule has 2 N–H and O–H groups in total. The van der Waals surface area contributed by atoms with Crippen molar-refractivity contribution in [2.45, 2.75) is 37.4 Å². The molecule has 20 heavy (non-hydrogen) atoms. The number of ether oxygens (including phenoxy) is 1. The summed E-state index contributed by atoms with van der Waals surface area (Å²) in [6.45, 7) is 3.21. The number of hydrogen-bond acceptors (Lipinski definition) is 5. The van der Waals surface area contributed by atoms with E-state index in [1.165, 1.54) is 4.31 Å². The van der Waals surface area contributed by atoms with Gasteiger partial charge in [-0.05, 0) is 26.8 Å². The lowest BCUT2D eigenvalue weighted by atomic mass is 10.1. The monoisotopic (exact) mass is 302 g/mol. The van der Waals surface area contributed by atoms with Crippen LogP contribution in [0.5, 0.6) is 0 Å². The van der Waals surface area contributed by atoms with Gasteiger partial charge in [0, 0.05) is 38.0 Å². The zero-order chi connectivity index (χ0) is 14.8. The van der Waals surface area contributed by atoms with Crippen LogP contribution < -0.4 is 5.32 Å². The van der Waals surface area contributed by atoms with Crippen LogP contribution in [0, 0.1) is 6.92 Å². The van der Waals surface area contributed by atoms with E-state index in [0.29, 0.717) is 25.2 Å². The number of nitrogens with one attached hydrogen (secondary N) is 2. The number of aromatic amines is 1. The van der Waals surface area contributed by atoms with Crippen LogP contribution in [0.4, 0.5) is 0 Å². The van der Waals surface area contributed by atoms with Crippen LogP contribution in [-0.4, -0.2) is 56.3 Å². The van der Waals surface area contributed by atoms with Gasteiger partial charge in [-0.1, -0.05) is 0 Å². The van der Waals surface area contributed by atoms with E-state index in [1.54, 1.807) is 14.2 Å². The summed E-state index contributed by atoms with van der Waals surface area (Å²) in [5.74, 6) is 0. The van der Waals surface area contributed by atoms with Gasteiger partial charge < -0.3 is 10.1 Å². The van der Waals surface area contributed by atoms with Crippen LogP contribution in [0.2, 0.25) is 0 Å². The van der Waals surface area contributed by atoms with E-state index in [-0.39, 0.29) is 11.1 Å². The Morgan fingerprint density at radius 1 is 1.55 bits per heavy atom. The normalized spacial score (nSPS) is 21.2. The molecule has 1 saturated heterocycles. The van der Waals surface area contributed by atoms with Gasteiger partial charge in [0.1, 0.15) is 0 Å². The molecule has 8 heteroatoms. The van der Waals surface area contributed by atoms with Gasteiger partial charge >= 0.3 is 0 Å². The van der Waals surface area contributed by atoms with Crippen molar-refractivity contribution in [1.29, 1.82) is 0 Å². The molecule has 114 valence electrons. The van der Waals surface area contributed by atoms with Gasteiger partial charge in [-0.25, -0.2) is 8.42 Å². The smallest absolute Gasteiger partial charge is 0.262 e. The summed E-state index contributed by atoms with van der Waals surface area (Å²) < 4.78 is 32.2. The topological polar surface area (TPSA) is 87.3 Å². The highest BCUT2D eigenvalue weighted by atomic mass is 32.2. The summed E-state index contributed by atoms with van der Waals surface area (Å²) in [5.41, 5.74) is 1.48. The molecule has 0 radical (unpaired) electrons. The summed E-state index contributed by atoms with van der Waals surface area (Å²) in [7, 11) is -0.167. The predicted octanol–water partition coefficient (Wildman–Crippen LogP) is 0.237. The first-order valence-electron chi connectivity index (χ1n) is 6.72. The summed E-state index contributed by atoms with van der Waals surface area (Å²) in [4.78, 5) is 0. The van der Waals surface area contributed by atoms with Gasteiger partial charge in [0.25, 0.3) is 10.0 Å². The average molecular weight is 302 g/mol. The first-order chi connectivity index (χ1) is 9.50. The molecule has 1 atom stereocenters. The number of aryl methyl sites for hydroxylation is 1. The first kappa shape index (κ1) is 15.4. The second-order valence-corrected chi connectivity index (χ2v) is 6.88. The van der Waals surface area contributed by atoms with Crippen LogP contribution >= 0.6 is 0 Å². The van der Waals surface area contributed by atoms with Crippen molar-refractivity contribution in [2.75, 3.05) is 27.2 Å². The standard InChI is InChI=1S/C12H22N4O3S/c1-9-11(7-13-2)12(15-14-9)20(17,18)16-6-4-5-10(8-16)19-3/h10,13H,4-8H2,1-3H3,(H,14,15). The Balaban J connectivity index is 2.30. The molecule has 2 heterocycles. The minimum atomic E-state index is -3.57. The molecule has 1 aliphatic heterocycles. The number of rotatable bonds is 5. The molecule has 0 spiro atoms. The Hall–Kier alpha value is -0.960. The Morgan fingerprint density at radius 3 is 2.95 bits per heavy atom. The highest BCUT2D eigenvalue weighted by Gasteiger charge is 2.34. The van der Waals surface area contributed by atoms with Crippen LogP contribution in [0.3, 0.4) is 0 Å². The SMILES string of the molecule is CNCc1c(S(=O)(=O)N2CCCC(OC)C2)n[nH]c1C. The van der Waals surface area contributed by atoms with Crippen molar-refractivity contribution in [3.63, 3.8) is 0 Å². The molecule has 0 aliphatic carbocycles. The Bertz CT molecular complexity index is 555. The summed E-state index contributed by atoms with van der Waals surface area (Å²) in [6.07, 6.45) is 1.67. The van der Waals surface area contributed by atoms with Crippen molar-refractivity contribution < 1.29 is 13.2 Å². The molecule has 1 aromatic heterocycles. The fraction of sp³-hybridized carbons (Fsp3) is 0.750. The van der Waals surface area contributed by atoms with Crippen LogP contribution in [0.1, 0.15) is 24.1 Å². The molecule has 0 bridgehead atoms. The van der Waals surface area contributed by atoms with Crippen LogP contribution in [0.25, 0.3) is 0 Å². The number of sulfonamides is 1. The summed E-state index contributed by atoms with van der Waals surface area (Å²) in [6, 6.07) is 0. The largest absolute Gasteiger partial charge is 0.380 e. The quantitative estimate of drug-likeness (QED) is 0.813. The van der Waals surface area contributed by atoms with Gasteiger partial charge in [-0.15, -0.1) is 0 Å². The highest BCUT2D eigenvalue weighted by Crippen LogP contribution is 2.24. The van der Waals surface area contributed by atoms with Crippen LogP contribution in [0.15, 0.2) is 5.03 Å². The molecule has 0 amide bonds. The van der Waals surface area contributed by atoms with Crippen molar-refractivity contribution in [3.8, 4) is 0 Å². The Kier molecular flexibility index (Phi) is 4.79. The predicted molar refractivity (Wildman–Crippen MR) is 74.9 cm³/mol. The van der Waals surface area contributed by atoms with E-state index >= 15 is 0 Å². The van der Waals surface area contributed by atoms with Gasteiger partial charge in [0.05, 0.1) is 6.10 Å². The molecule has 0 aromatic carbocycles. The van der Waals surface area contributed by atoms with Crippen molar-refractivity contribution in [1.82, 2.24) is 19.8 Å². The maximum absolute atomic E-state index is 12.7. The minimum Gasteiger partial charge on any atom is -0.380 e. The van der Waals surface area contributed by atoms with E-state index in [9.17, 15) is 8.42 Å². The number of piperidine rings is 1. The average Bonchev–Trinajstić information content (AvgIpc) is 2.81. The fourth-order valence-corrected chi connectivity index (χ4v) is 4.14. The minimum absolute atomic E-state index is 0.0358. The zero-order valence-corrected chi connectivity index (χ0v) is 13.0.